The number of rotatable bonds is 8. The van der Waals surface area contributed by atoms with E-state index in [1.807, 2.05) is 19.9 Å². The molecule has 31 heavy (non-hydrogen) atoms. The second kappa shape index (κ2) is 10.6. The van der Waals surface area contributed by atoms with Crippen molar-refractivity contribution < 1.29 is 23.5 Å². The number of carbonyl (C=O) groups is 3. The summed E-state index contributed by atoms with van der Waals surface area (Å²) in [5.41, 5.74) is 3.48. The van der Waals surface area contributed by atoms with Gasteiger partial charge in [-0.1, -0.05) is 12.1 Å². The summed E-state index contributed by atoms with van der Waals surface area (Å²) in [6.07, 6.45) is 7.44. The molecule has 164 valence electrons. The number of aryl methyl sites for hydroxylation is 2. The number of hydrogen-bond donors (Lipinski definition) is 1. The fourth-order valence-corrected chi connectivity index (χ4v) is 3.38. The van der Waals surface area contributed by atoms with Crippen molar-refractivity contribution in [3.8, 4) is 0 Å². The number of esters is 1. The van der Waals surface area contributed by atoms with E-state index in [4.69, 9.17) is 9.15 Å². The Kier molecular flexibility index (Phi) is 7.65. The average molecular weight is 424 g/mol. The van der Waals surface area contributed by atoms with E-state index >= 15 is 0 Å². The van der Waals surface area contributed by atoms with Gasteiger partial charge in [0.15, 0.2) is 6.61 Å². The summed E-state index contributed by atoms with van der Waals surface area (Å²) in [5.74, 6) is -0.690. The molecule has 3 rings (SSSR count). The van der Waals surface area contributed by atoms with Crippen LogP contribution < -0.4 is 5.32 Å². The highest BCUT2D eigenvalue weighted by atomic mass is 16.5. The number of nitrogens with one attached hydrogen (secondary N) is 1. The van der Waals surface area contributed by atoms with Gasteiger partial charge in [0.1, 0.15) is 12.3 Å². The van der Waals surface area contributed by atoms with Crippen LogP contribution in [-0.4, -0.2) is 35.8 Å². The Bertz CT molecular complexity index is 962. The van der Waals surface area contributed by atoms with Crippen LogP contribution in [0.15, 0.2) is 52.8 Å². The summed E-state index contributed by atoms with van der Waals surface area (Å²) in [5, 5.41) is 2.53. The van der Waals surface area contributed by atoms with Crippen LogP contribution in [0, 0.1) is 13.8 Å². The van der Waals surface area contributed by atoms with E-state index in [1.165, 1.54) is 0 Å². The van der Waals surface area contributed by atoms with Crippen LogP contribution in [0.1, 0.15) is 52.9 Å². The summed E-state index contributed by atoms with van der Waals surface area (Å²) in [6.45, 7) is 3.47. The summed E-state index contributed by atoms with van der Waals surface area (Å²) >= 11 is 0. The Labute approximate surface area is 182 Å². The summed E-state index contributed by atoms with van der Waals surface area (Å²) in [4.78, 5) is 38.7. The highest BCUT2D eigenvalue weighted by molar-refractivity contribution is 5.96. The highest BCUT2D eigenvalue weighted by Crippen LogP contribution is 2.23. The van der Waals surface area contributed by atoms with Crippen molar-refractivity contribution in [2.45, 2.75) is 46.1 Å². The average Bonchev–Trinajstić information content (AvgIpc) is 3.30. The minimum Gasteiger partial charge on any atom is -0.467 e. The topological polar surface area (TPSA) is 88.8 Å². The van der Waals surface area contributed by atoms with Crippen LogP contribution in [0.4, 0.5) is 0 Å². The van der Waals surface area contributed by atoms with Gasteiger partial charge in [0.25, 0.3) is 11.8 Å². The zero-order valence-electron chi connectivity index (χ0n) is 18.0. The van der Waals surface area contributed by atoms with Crippen LogP contribution in [-0.2, 0) is 20.9 Å². The molecule has 0 fully saturated rings. The molecule has 0 aliphatic heterocycles. The maximum absolute atomic E-state index is 12.8. The van der Waals surface area contributed by atoms with Gasteiger partial charge in [-0.3, -0.25) is 14.4 Å². The Morgan fingerprint density at radius 2 is 1.97 bits per heavy atom. The van der Waals surface area contributed by atoms with E-state index in [0.717, 1.165) is 42.5 Å². The Morgan fingerprint density at radius 1 is 1.13 bits per heavy atom. The van der Waals surface area contributed by atoms with Crippen molar-refractivity contribution in [2.24, 2.45) is 0 Å². The molecule has 1 aliphatic carbocycles. The minimum absolute atomic E-state index is 0.290. The largest absolute Gasteiger partial charge is 0.467 e. The van der Waals surface area contributed by atoms with E-state index in [0.29, 0.717) is 17.9 Å². The Hall–Kier alpha value is -3.35. The third-order valence-corrected chi connectivity index (χ3v) is 5.33. The van der Waals surface area contributed by atoms with E-state index < -0.39 is 12.6 Å². The van der Waals surface area contributed by atoms with Gasteiger partial charge < -0.3 is 19.4 Å². The number of benzene rings is 1. The predicted molar refractivity (Wildman–Crippen MR) is 115 cm³/mol. The maximum atomic E-state index is 12.8. The molecule has 0 atom stereocenters. The zero-order valence-corrected chi connectivity index (χ0v) is 18.0. The second-order valence-corrected chi connectivity index (χ2v) is 7.64. The first kappa shape index (κ1) is 22.3. The predicted octanol–water partition coefficient (Wildman–Crippen LogP) is 3.66. The third kappa shape index (κ3) is 6.31. The first-order valence-electron chi connectivity index (χ1n) is 10.5. The second-order valence-electron chi connectivity index (χ2n) is 7.64. The van der Waals surface area contributed by atoms with Crippen LogP contribution >= 0.6 is 0 Å². The number of amides is 2. The number of ether oxygens (including phenoxy) is 1. The first-order chi connectivity index (χ1) is 14.9. The lowest BCUT2D eigenvalue weighted by Crippen LogP contribution is -2.36. The molecule has 2 amide bonds. The highest BCUT2D eigenvalue weighted by Gasteiger charge is 2.22. The van der Waals surface area contributed by atoms with Crippen molar-refractivity contribution in [1.82, 2.24) is 10.2 Å². The molecular formula is C24H28N2O5. The SMILES string of the molecule is Cc1ccc(C(=O)NCC(=O)OCC(=O)N(Cc2ccco2)C2=CCCCC2)cc1C. The van der Waals surface area contributed by atoms with Gasteiger partial charge in [-0.15, -0.1) is 0 Å². The van der Waals surface area contributed by atoms with Gasteiger partial charge in [0, 0.05) is 11.3 Å². The molecule has 1 heterocycles. The molecule has 7 heteroatoms. The summed E-state index contributed by atoms with van der Waals surface area (Å²) in [6, 6.07) is 8.90. The number of allylic oxidation sites excluding steroid dienone is 2. The lowest BCUT2D eigenvalue weighted by Gasteiger charge is -2.26. The number of furan rings is 1. The monoisotopic (exact) mass is 424 g/mol. The molecule has 1 N–H and O–H groups in total. The molecule has 0 bridgehead atoms. The first-order valence-corrected chi connectivity index (χ1v) is 10.5. The fourth-order valence-electron chi connectivity index (χ4n) is 3.38. The summed E-state index contributed by atoms with van der Waals surface area (Å²) < 4.78 is 10.5. The molecule has 0 saturated carbocycles. The number of nitrogens with zero attached hydrogens (tertiary/aromatic N) is 1. The van der Waals surface area contributed by atoms with Crippen molar-refractivity contribution >= 4 is 17.8 Å². The summed E-state index contributed by atoms with van der Waals surface area (Å²) in [7, 11) is 0. The van der Waals surface area contributed by atoms with Crippen LogP contribution in [0.5, 0.6) is 0 Å². The smallest absolute Gasteiger partial charge is 0.325 e. The number of hydrogen-bond acceptors (Lipinski definition) is 5. The normalized spacial score (nSPS) is 13.3. The van der Waals surface area contributed by atoms with Gasteiger partial charge in [-0.2, -0.15) is 0 Å². The van der Waals surface area contributed by atoms with Crippen molar-refractivity contribution in [1.29, 1.82) is 0 Å². The van der Waals surface area contributed by atoms with Crippen molar-refractivity contribution in [3.63, 3.8) is 0 Å². The molecule has 0 saturated heterocycles. The van der Waals surface area contributed by atoms with Gasteiger partial charge >= 0.3 is 5.97 Å². The molecule has 2 aromatic rings. The van der Waals surface area contributed by atoms with Crippen molar-refractivity contribution in [2.75, 3.05) is 13.2 Å². The standard InChI is InChI=1S/C24H28N2O5/c1-17-10-11-19(13-18(17)2)24(29)25-14-23(28)31-16-22(27)26(15-21-9-6-12-30-21)20-7-4-3-5-8-20/h6-7,9-13H,3-5,8,14-16H2,1-2H3,(H,25,29). The molecular weight excluding hydrogens is 396 g/mol. The molecule has 1 aromatic heterocycles. The third-order valence-electron chi connectivity index (χ3n) is 5.33. The minimum atomic E-state index is -0.666. The van der Waals surface area contributed by atoms with E-state index in [-0.39, 0.29) is 18.4 Å². The molecule has 0 radical (unpaired) electrons. The van der Waals surface area contributed by atoms with Crippen molar-refractivity contribution in [3.05, 3.63) is 70.8 Å². The van der Waals surface area contributed by atoms with Crippen LogP contribution in [0.2, 0.25) is 0 Å². The quantitative estimate of drug-likeness (QED) is 0.654. The fraction of sp³-hybridized carbons (Fsp3) is 0.375. The molecule has 1 aromatic carbocycles. The Balaban J connectivity index is 1.52. The van der Waals surface area contributed by atoms with Gasteiger partial charge in [-0.25, -0.2) is 0 Å². The van der Waals surface area contributed by atoms with Gasteiger partial charge in [0.2, 0.25) is 0 Å². The van der Waals surface area contributed by atoms with Crippen LogP contribution in [0.3, 0.4) is 0 Å². The lowest BCUT2D eigenvalue weighted by atomic mass is 10.0. The molecule has 0 spiro atoms. The lowest BCUT2D eigenvalue weighted by molar-refractivity contribution is -0.150. The maximum Gasteiger partial charge on any atom is 0.325 e. The molecule has 7 nitrogen and oxygen atoms in total. The van der Waals surface area contributed by atoms with E-state index in [2.05, 4.69) is 11.4 Å². The number of carbonyl (C=O) groups excluding carboxylic acids is 3. The van der Waals surface area contributed by atoms with Gasteiger partial charge in [0.05, 0.1) is 12.8 Å². The molecule has 1 aliphatic rings. The Morgan fingerprint density at radius 3 is 2.65 bits per heavy atom. The zero-order chi connectivity index (χ0) is 22.2. The van der Waals surface area contributed by atoms with Gasteiger partial charge in [-0.05, 0) is 74.9 Å². The van der Waals surface area contributed by atoms with Crippen LogP contribution in [0.25, 0.3) is 0 Å². The molecule has 0 unspecified atom stereocenters. The van der Waals surface area contributed by atoms with E-state index in [9.17, 15) is 14.4 Å². The van der Waals surface area contributed by atoms with E-state index in [1.54, 1.807) is 35.4 Å².